The molecule has 0 fully saturated rings. The minimum atomic E-state index is -0.826. The second-order valence-electron chi connectivity index (χ2n) is 5.62. The standard InChI is InChI=1S/C20H18N2O3/c23-18(15-9-5-2-6-10-15)13-21-19(24)16-11-12-17(22-20(16)25)14-7-3-1-4-8-14/h1-12,18,23H,13H2,(H,21,24)(H,22,25). The smallest absolute Gasteiger partial charge is 0.261 e. The summed E-state index contributed by atoms with van der Waals surface area (Å²) < 4.78 is 0. The van der Waals surface area contributed by atoms with Gasteiger partial charge in [0.15, 0.2) is 0 Å². The minimum Gasteiger partial charge on any atom is -0.387 e. The Morgan fingerprint density at radius 2 is 1.60 bits per heavy atom. The lowest BCUT2D eigenvalue weighted by atomic mass is 10.1. The Balaban J connectivity index is 1.69. The molecular formula is C20H18N2O3. The van der Waals surface area contributed by atoms with Gasteiger partial charge in [-0.25, -0.2) is 0 Å². The molecule has 0 radical (unpaired) electrons. The molecule has 1 amide bonds. The van der Waals surface area contributed by atoms with Crippen LogP contribution in [0.5, 0.6) is 0 Å². The lowest BCUT2D eigenvalue weighted by molar-refractivity contribution is 0.0915. The summed E-state index contributed by atoms with van der Waals surface area (Å²) in [5, 5.41) is 12.7. The summed E-state index contributed by atoms with van der Waals surface area (Å²) in [5.74, 6) is -0.518. The van der Waals surface area contributed by atoms with Crippen molar-refractivity contribution < 1.29 is 9.90 Å². The van der Waals surface area contributed by atoms with Crippen molar-refractivity contribution in [3.63, 3.8) is 0 Å². The second kappa shape index (κ2) is 7.59. The molecule has 0 aliphatic carbocycles. The first kappa shape index (κ1) is 16.7. The summed E-state index contributed by atoms with van der Waals surface area (Å²) in [6.07, 6.45) is -0.826. The van der Waals surface area contributed by atoms with Crippen LogP contribution in [-0.2, 0) is 0 Å². The largest absolute Gasteiger partial charge is 0.387 e. The Labute approximate surface area is 145 Å². The number of carbonyl (C=O) groups is 1. The quantitative estimate of drug-likeness (QED) is 0.670. The van der Waals surface area contributed by atoms with Crippen molar-refractivity contribution in [1.29, 1.82) is 0 Å². The van der Waals surface area contributed by atoms with E-state index in [1.165, 1.54) is 6.07 Å². The molecule has 3 aromatic rings. The highest BCUT2D eigenvalue weighted by molar-refractivity contribution is 5.94. The molecule has 5 nitrogen and oxygen atoms in total. The summed E-state index contributed by atoms with van der Waals surface area (Å²) in [6, 6.07) is 21.6. The number of aliphatic hydroxyl groups is 1. The van der Waals surface area contributed by atoms with Gasteiger partial charge < -0.3 is 15.4 Å². The van der Waals surface area contributed by atoms with Crippen LogP contribution < -0.4 is 10.9 Å². The molecule has 0 saturated heterocycles. The third-order valence-electron chi connectivity index (χ3n) is 3.88. The SMILES string of the molecule is O=C(NCC(O)c1ccccc1)c1ccc(-c2ccccc2)[nH]c1=O. The average Bonchev–Trinajstić information content (AvgIpc) is 2.67. The molecule has 0 aliphatic heterocycles. The summed E-state index contributed by atoms with van der Waals surface area (Å²) in [5.41, 5.74) is 1.77. The zero-order chi connectivity index (χ0) is 17.6. The molecule has 5 heteroatoms. The van der Waals surface area contributed by atoms with Crippen LogP contribution in [0.3, 0.4) is 0 Å². The fourth-order valence-corrected chi connectivity index (χ4v) is 2.52. The molecule has 1 heterocycles. The van der Waals surface area contributed by atoms with Crippen LogP contribution in [0.2, 0.25) is 0 Å². The number of rotatable bonds is 5. The highest BCUT2D eigenvalue weighted by atomic mass is 16.3. The van der Waals surface area contributed by atoms with E-state index in [0.29, 0.717) is 11.3 Å². The van der Waals surface area contributed by atoms with Crippen LogP contribution in [0.25, 0.3) is 11.3 Å². The van der Waals surface area contributed by atoms with Crippen molar-refractivity contribution in [2.75, 3.05) is 6.54 Å². The van der Waals surface area contributed by atoms with Gasteiger partial charge in [-0.05, 0) is 23.3 Å². The van der Waals surface area contributed by atoms with Gasteiger partial charge >= 0.3 is 0 Å². The Kier molecular flexibility index (Phi) is 5.06. The number of hydrogen-bond acceptors (Lipinski definition) is 3. The molecule has 0 saturated carbocycles. The number of aromatic amines is 1. The number of aromatic nitrogens is 1. The first-order chi connectivity index (χ1) is 12.1. The summed E-state index contributed by atoms with van der Waals surface area (Å²) in [4.78, 5) is 27.1. The zero-order valence-corrected chi connectivity index (χ0v) is 13.5. The van der Waals surface area contributed by atoms with Gasteiger partial charge in [0.1, 0.15) is 5.56 Å². The molecule has 0 bridgehead atoms. The van der Waals surface area contributed by atoms with Crippen LogP contribution in [0, 0.1) is 0 Å². The number of amides is 1. The Morgan fingerprint density at radius 3 is 2.24 bits per heavy atom. The first-order valence-electron chi connectivity index (χ1n) is 7.95. The van der Waals surface area contributed by atoms with E-state index in [-0.39, 0.29) is 12.1 Å². The van der Waals surface area contributed by atoms with E-state index in [1.807, 2.05) is 48.5 Å². The first-order valence-corrected chi connectivity index (χ1v) is 7.95. The highest BCUT2D eigenvalue weighted by Crippen LogP contribution is 2.15. The molecule has 3 N–H and O–H groups in total. The number of H-pyrrole nitrogens is 1. The minimum absolute atomic E-state index is 0.0138. The second-order valence-corrected chi connectivity index (χ2v) is 5.62. The monoisotopic (exact) mass is 334 g/mol. The summed E-state index contributed by atoms with van der Waals surface area (Å²) >= 11 is 0. The average molecular weight is 334 g/mol. The van der Waals surface area contributed by atoms with Crippen LogP contribution in [0.1, 0.15) is 22.0 Å². The fourth-order valence-electron chi connectivity index (χ4n) is 2.52. The van der Waals surface area contributed by atoms with Gasteiger partial charge in [-0.15, -0.1) is 0 Å². The predicted octanol–water partition coefficient (Wildman–Crippen LogP) is 2.51. The van der Waals surface area contributed by atoms with Crippen molar-refractivity contribution in [2.24, 2.45) is 0 Å². The molecule has 126 valence electrons. The molecule has 0 spiro atoms. The molecule has 2 aromatic carbocycles. The Morgan fingerprint density at radius 1 is 0.960 bits per heavy atom. The molecule has 3 rings (SSSR count). The van der Waals surface area contributed by atoms with Crippen molar-refractivity contribution >= 4 is 5.91 Å². The van der Waals surface area contributed by atoms with E-state index in [2.05, 4.69) is 10.3 Å². The van der Waals surface area contributed by atoms with Gasteiger partial charge in [0, 0.05) is 12.2 Å². The van der Waals surface area contributed by atoms with Crippen LogP contribution in [0.4, 0.5) is 0 Å². The fraction of sp³-hybridized carbons (Fsp3) is 0.100. The van der Waals surface area contributed by atoms with E-state index in [9.17, 15) is 14.7 Å². The van der Waals surface area contributed by atoms with Crippen LogP contribution >= 0.6 is 0 Å². The molecule has 1 aromatic heterocycles. The Hall–Kier alpha value is -3.18. The van der Waals surface area contributed by atoms with Gasteiger partial charge in [-0.3, -0.25) is 9.59 Å². The molecule has 1 unspecified atom stereocenters. The summed E-state index contributed by atoms with van der Waals surface area (Å²) in [6.45, 7) is 0.0305. The number of hydrogen-bond donors (Lipinski definition) is 3. The third kappa shape index (κ3) is 4.02. The zero-order valence-electron chi connectivity index (χ0n) is 13.5. The van der Waals surface area contributed by atoms with E-state index in [4.69, 9.17) is 0 Å². The van der Waals surface area contributed by atoms with Gasteiger partial charge in [-0.2, -0.15) is 0 Å². The van der Waals surface area contributed by atoms with Crippen molar-refractivity contribution in [3.05, 3.63) is 94.3 Å². The number of aliphatic hydroxyl groups excluding tert-OH is 1. The molecular weight excluding hydrogens is 316 g/mol. The molecule has 1 atom stereocenters. The predicted molar refractivity (Wildman–Crippen MR) is 96.2 cm³/mol. The number of carbonyl (C=O) groups excluding carboxylic acids is 1. The van der Waals surface area contributed by atoms with Gasteiger partial charge in [0.25, 0.3) is 11.5 Å². The summed E-state index contributed by atoms with van der Waals surface area (Å²) in [7, 11) is 0. The van der Waals surface area contributed by atoms with Crippen molar-refractivity contribution in [3.8, 4) is 11.3 Å². The highest BCUT2D eigenvalue weighted by Gasteiger charge is 2.14. The van der Waals surface area contributed by atoms with Gasteiger partial charge in [0.05, 0.1) is 6.10 Å². The van der Waals surface area contributed by atoms with Crippen LogP contribution in [0.15, 0.2) is 77.6 Å². The third-order valence-corrected chi connectivity index (χ3v) is 3.88. The van der Waals surface area contributed by atoms with Gasteiger partial charge in [0.2, 0.25) is 0 Å². The van der Waals surface area contributed by atoms with Crippen LogP contribution in [-0.4, -0.2) is 22.5 Å². The lowest BCUT2D eigenvalue weighted by Gasteiger charge is -2.12. The van der Waals surface area contributed by atoms with E-state index >= 15 is 0 Å². The number of benzene rings is 2. The number of pyridine rings is 1. The Bertz CT molecular complexity index is 905. The maximum absolute atomic E-state index is 12.2. The molecule has 25 heavy (non-hydrogen) atoms. The van der Waals surface area contributed by atoms with E-state index in [1.54, 1.807) is 18.2 Å². The normalized spacial score (nSPS) is 11.7. The maximum Gasteiger partial charge on any atom is 0.261 e. The molecule has 0 aliphatic rings. The van der Waals surface area contributed by atoms with Gasteiger partial charge in [-0.1, -0.05) is 60.7 Å². The topological polar surface area (TPSA) is 82.2 Å². The number of nitrogens with one attached hydrogen (secondary N) is 2. The van der Waals surface area contributed by atoms with Crippen molar-refractivity contribution in [2.45, 2.75) is 6.10 Å². The maximum atomic E-state index is 12.2. The lowest BCUT2D eigenvalue weighted by Crippen LogP contribution is -2.32. The van der Waals surface area contributed by atoms with Crippen molar-refractivity contribution in [1.82, 2.24) is 10.3 Å². The van der Waals surface area contributed by atoms with E-state index < -0.39 is 17.6 Å². The van der Waals surface area contributed by atoms with E-state index in [0.717, 1.165) is 5.56 Å².